The fourth-order valence-electron chi connectivity index (χ4n) is 3.32. The van der Waals surface area contributed by atoms with E-state index in [9.17, 15) is 19.5 Å². The number of pyridine rings is 1. The molecule has 1 aliphatic heterocycles. The lowest BCUT2D eigenvalue weighted by Crippen LogP contribution is -2.51. The summed E-state index contributed by atoms with van der Waals surface area (Å²) in [6.07, 6.45) is 1.50. The van der Waals surface area contributed by atoms with Crippen LogP contribution in [0.4, 0.5) is 0 Å². The Balaban J connectivity index is 1.43. The molecular weight excluding hydrogens is 374 g/mol. The van der Waals surface area contributed by atoms with E-state index in [0.29, 0.717) is 43.2 Å². The van der Waals surface area contributed by atoms with Crippen molar-refractivity contribution in [2.24, 2.45) is 0 Å². The number of phenolic OH excluding ortho intramolecular Hbond substituents is 1. The van der Waals surface area contributed by atoms with E-state index in [1.54, 1.807) is 40.1 Å². The van der Waals surface area contributed by atoms with E-state index in [-0.39, 0.29) is 23.1 Å². The van der Waals surface area contributed by atoms with Gasteiger partial charge in [-0.2, -0.15) is 0 Å². The second-order valence-corrected chi connectivity index (χ2v) is 6.73. The molecule has 2 aromatic heterocycles. The Hall–Kier alpha value is -3.81. The molecule has 2 N–H and O–H groups in total. The lowest BCUT2D eigenvalue weighted by molar-refractivity contribution is 0.0534. The van der Waals surface area contributed by atoms with Gasteiger partial charge in [-0.05, 0) is 42.5 Å². The summed E-state index contributed by atoms with van der Waals surface area (Å²) < 4.78 is 5.25. The molecule has 0 spiro atoms. The van der Waals surface area contributed by atoms with Crippen LogP contribution in [-0.2, 0) is 0 Å². The molecule has 4 rings (SSSR count). The first-order valence-electron chi connectivity index (χ1n) is 9.18. The van der Waals surface area contributed by atoms with E-state index in [2.05, 4.69) is 4.98 Å². The zero-order valence-corrected chi connectivity index (χ0v) is 15.5. The lowest BCUT2D eigenvalue weighted by Gasteiger charge is -2.34. The number of benzene rings is 1. The molecule has 29 heavy (non-hydrogen) atoms. The van der Waals surface area contributed by atoms with Crippen molar-refractivity contribution < 1.29 is 19.1 Å². The molecule has 0 radical (unpaired) electrons. The number of piperazine rings is 1. The predicted molar refractivity (Wildman–Crippen MR) is 105 cm³/mol. The fraction of sp³-hybridized carbons (Fsp3) is 0.190. The molecule has 8 heteroatoms. The molecule has 0 aliphatic carbocycles. The van der Waals surface area contributed by atoms with E-state index in [0.717, 1.165) is 0 Å². The third-order valence-electron chi connectivity index (χ3n) is 4.87. The highest BCUT2D eigenvalue weighted by Gasteiger charge is 2.27. The van der Waals surface area contributed by atoms with Crippen LogP contribution >= 0.6 is 0 Å². The van der Waals surface area contributed by atoms with Gasteiger partial charge in [-0.15, -0.1) is 0 Å². The average Bonchev–Trinajstić information content (AvgIpc) is 3.28. The number of aromatic hydroxyl groups is 1. The second kappa shape index (κ2) is 7.67. The van der Waals surface area contributed by atoms with E-state index in [1.807, 2.05) is 0 Å². The van der Waals surface area contributed by atoms with E-state index >= 15 is 0 Å². The number of carbonyl (C=O) groups is 2. The second-order valence-electron chi connectivity index (χ2n) is 6.73. The maximum atomic E-state index is 12.8. The quantitative estimate of drug-likeness (QED) is 0.707. The summed E-state index contributed by atoms with van der Waals surface area (Å²) in [5.41, 5.74) is 0.461. The number of H-pyrrole nitrogens is 1. The van der Waals surface area contributed by atoms with Gasteiger partial charge < -0.3 is 24.3 Å². The van der Waals surface area contributed by atoms with Crippen molar-refractivity contribution in [3.8, 4) is 17.2 Å². The van der Waals surface area contributed by atoms with Crippen molar-refractivity contribution in [3.05, 3.63) is 76.3 Å². The number of carbonyl (C=O) groups excluding carboxylic acids is 2. The molecule has 0 unspecified atom stereocenters. The first-order chi connectivity index (χ1) is 14.0. The molecule has 1 aliphatic rings. The van der Waals surface area contributed by atoms with Gasteiger partial charge in [0.15, 0.2) is 0 Å². The van der Waals surface area contributed by atoms with Crippen LogP contribution in [0.5, 0.6) is 5.75 Å². The lowest BCUT2D eigenvalue weighted by atomic mass is 10.1. The van der Waals surface area contributed by atoms with Crippen LogP contribution in [-0.4, -0.2) is 57.9 Å². The van der Waals surface area contributed by atoms with Crippen molar-refractivity contribution >= 4 is 11.8 Å². The summed E-state index contributed by atoms with van der Waals surface area (Å²) in [6, 6.07) is 12.7. The molecule has 1 aromatic carbocycles. The van der Waals surface area contributed by atoms with Gasteiger partial charge in [0.05, 0.1) is 12.0 Å². The highest BCUT2D eigenvalue weighted by atomic mass is 16.3. The number of furan rings is 1. The first-order valence-corrected chi connectivity index (χ1v) is 9.18. The van der Waals surface area contributed by atoms with Crippen LogP contribution in [0, 0.1) is 0 Å². The number of rotatable bonds is 3. The minimum atomic E-state index is -0.484. The Morgan fingerprint density at radius 2 is 1.66 bits per heavy atom. The minimum absolute atomic E-state index is 0.0295. The number of amides is 2. The summed E-state index contributed by atoms with van der Waals surface area (Å²) in [5.74, 6) is -0.0302. The van der Waals surface area contributed by atoms with Gasteiger partial charge in [0.2, 0.25) is 0 Å². The molecule has 1 fully saturated rings. The molecule has 8 nitrogen and oxygen atoms in total. The zero-order chi connectivity index (χ0) is 20.4. The molecule has 3 aromatic rings. The van der Waals surface area contributed by atoms with Gasteiger partial charge in [0, 0.05) is 31.7 Å². The summed E-state index contributed by atoms with van der Waals surface area (Å²) in [7, 11) is 0. The number of aromatic amines is 1. The fourth-order valence-corrected chi connectivity index (χ4v) is 3.32. The molecule has 0 saturated carbocycles. The molecule has 148 valence electrons. The van der Waals surface area contributed by atoms with Gasteiger partial charge >= 0.3 is 0 Å². The van der Waals surface area contributed by atoms with Crippen LogP contribution in [0.25, 0.3) is 11.5 Å². The molecule has 3 heterocycles. The highest BCUT2D eigenvalue weighted by molar-refractivity contribution is 5.96. The Labute approximate surface area is 166 Å². The maximum absolute atomic E-state index is 12.8. The van der Waals surface area contributed by atoms with E-state index in [4.69, 9.17) is 4.42 Å². The topological polar surface area (TPSA) is 107 Å². The molecule has 0 bridgehead atoms. The van der Waals surface area contributed by atoms with Gasteiger partial charge in [-0.3, -0.25) is 14.4 Å². The van der Waals surface area contributed by atoms with Crippen LogP contribution < -0.4 is 5.56 Å². The van der Waals surface area contributed by atoms with Crippen molar-refractivity contribution in [2.75, 3.05) is 26.2 Å². The predicted octanol–water partition coefficient (Wildman–Crippen LogP) is 1.94. The third-order valence-corrected chi connectivity index (χ3v) is 4.87. The van der Waals surface area contributed by atoms with Crippen LogP contribution in [0.1, 0.15) is 20.7 Å². The summed E-state index contributed by atoms with van der Waals surface area (Å²) in [5, 5.41) is 9.55. The summed E-state index contributed by atoms with van der Waals surface area (Å²) in [6.45, 7) is 1.34. The van der Waals surface area contributed by atoms with Gasteiger partial charge in [-0.25, -0.2) is 0 Å². The van der Waals surface area contributed by atoms with Crippen LogP contribution in [0.2, 0.25) is 0 Å². The van der Waals surface area contributed by atoms with Gasteiger partial charge in [0.25, 0.3) is 17.4 Å². The maximum Gasteiger partial charge on any atom is 0.261 e. The van der Waals surface area contributed by atoms with Crippen molar-refractivity contribution in [1.29, 1.82) is 0 Å². The summed E-state index contributed by atoms with van der Waals surface area (Å²) >= 11 is 0. The zero-order valence-electron chi connectivity index (χ0n) is 15.5. The molecule has 1 saturated heterocycles. The number of hydrogen-bond donors (Lipinski definition) is 2. The smallest absolute Gasteiger partial charge is 0.261 e. The van der Waals surface area contributed by atoms with Crippen LogP contribution in [0.15, 0.2) is 64.0 Å². The monoisotopic (exact) mass is 393 g/mol. The Morgan fingerprint density at radius 3 is 2.28 bits per heavy atom. The van der Waals surface area contributed by atoms with Gasteiger partial charge in [-0.1, -0.05) is 6.07 Å². The standard InChI is InChI=1S/C21H19N3O5/c25-15-4-1-3-14(13-15)20(27)23-8-10-24(11-9-23)21(28)16-6-7-17(22-19(16)26)18-5-2-12-29-18/h1-7,12-13,25H,8-11H2,(H,22,26). The Morgan fingerprint density at radius 1 is 0.931 bits per heavy atom. The number of aromatic nitrogens is 1. The normalized spacial score (nSPS) is 14.1. The number of phenols is 1. The Bertz CT molecular complexity index is 1100. The van der Waals surface area contributed by atoms with E-state index in [1.165, 1.54) is 24.5 Å². The highest BCUT2D eigenvalue weighted by Crippen LogP contribution is 2.17. The SMILES string of the molecule is O=C(c1cccc(O)c1)N1CCN(C(=O)c2ccc(-c3ccco3)[nH]c2=O)CC1. The van der Waals surface area contributed by atoms with Crippen LogP contribution in [0.3, 0.4) is 0 Å². The first kappa shape index (κ1) is 18.5. The number of nitrogens with one attached hydrogen (secondary N) is 1. The Kier molecular flexibility index (Phi) is 4.90. The number of nitrogens with zero attached hydrogens (tertiary/aromatic N) is 2. The largest absolute Gasteiger partial charge is 0.508 e. The van der Waals surface area contributed by atoms with Gasteiger partial charge in [0.1, 0.15) is 17.1 Å². The molecular formula is C21H19N3O5. The summed E-state index contributed by atoms with van der Waals surface area (Å²) in [4.78, 5) is 43.5. The average molecular weight is 393 g/mol. The van der Waals surface area contributed by atoms with Crippen molar-refractivity contribution in [3.63, 3.8) is 0 Å². The van der Waals surface area contributed by atoms with E-state index < -0.39 is 5.56 Å². The van der Waals surface area contributed by atoms with Crippen molar-refractivity contribution in [1.82, 2.24) is 14.8 Å². The molecule has 0 atom stereocenters. The third kappa shape index (κ3) is 3.77. The van der Waals surface area contributed by atoms with Crippen molar-refractivity contribution in [2.45, 2.75) is 0 Å². The molecule has 2 amide bonds. The minimum Gasteiger partial charge on any atom is -0.508 e. The number of hydrogen-bond acceptors (Lipinski definition) is 5.